The van der Waals surface area contributed by atoms with Gasteiger partial charge in [-0.15, -0.1) is 0 Å². The van der Waals surface area contributed by atoms with Gasteiger partial charge in [0.2, 0.25) is 0 Å². The second kappa shape index (κ2) is 14.0. The predicted molar refractivity (Wildman–Crippen MR) is 109 cm³/mol. The summed E-state index contributed by atoms with van der Waals surface area (Å²) in [5.41, 5.74) is 0. The minimum absolute atomic E-state index is 0.156. The number of rotatable bonds is 8. The third-order valence-electron chi connectivity index (χ3n) is 5.91. The highest BCUT2D eigenvalue weighted by molar-refractivity contribution is 5.71. The number of carboxylic acids is 2. The van der Waals surface area contributed by atoms with Gasteiger partial charge in [0.15, 0.2) is 0 Å². The highest BCUT2D eigenvalue weighted by Crippen LogP contribution is 2.32. The molecule has 2 fully saturated rings. The Hall–Kier alpha value is -2.12. The maximum atomic E-state index is 11.2. The average Bonchev–Trinajstić information content (AvgIpc) is 2.69. The molecule has 2 N–H and O–H groups in total. The Kier molecular flexibility index (Phi) is 12.1. The summed E-state index contributed by atoms with van der Waals surface area (Å²) in [6.45, 7) is 4.42. The Bertz CT molecular complexity index is 507. The van der Waals surface area contributed by atoms with E-state index < -0.39 is 11.9 Å². The molecule has 0 atom stereocenters. The van der Waals surface area contributed by atoms with Crippen LogP contribution in [0.3, 0.4) is 0 Å². The SMILES string of the molecule is CCOC(=O)CC1CCC(C(=O)O)CC1.CCOC(=O)CC1CCC(C(=O)O)CC1. The average molecular weight is 429 g/mol. The minimum atomic E-state index is -0.704. The van der Waals surface area contributed by atoms with Gasteiger partial charge in [-0.05, 0) is 77.0 Å². The smallest absolute Gasteiger partial charge is 0.306 e. The molecule has 2 aliphatic carbocycles. The molecule has 0 radical (unpaired) electrons. The molecule has 0 aromatic rings. The maximum absolute atomic E-state index is 11.2. The molecule has 8 nitrogen and oxygen atoms in total. The predicted octanol–water partition coefficient (Wildman–Crippen LogP) is 3.66. The monoisotopic (exact) mass is 428 g/mol. The quantitative estimate of drug-likeness (QED) is 0.561. The first kappa shape index (κ1) is 25.9. The van der Waals surface area contributed by atoms with Gasteiger partial charge < -0.3 is 19.7 Å². The largest absolute Gasteiger partial charge is 0.481 e. The molecule has 2 aliphatic rings. The summed E-state index contributed by atoms with van der Waals surface area (Å²) >= 11 is 0. The van der Waals surface area contributed by atoms with Gasteiger partial charge in [0.1, 0.15) is 0 Å². The molecule has 0 bridgehead atoms. The van der Waals surface area contributed by atoms with Crippen LogP contribution < -0.4 is 0 Å². The lowest BCUT2D eigenvalue weighted by Gasteiger charge is -2.25. The van der Waals surface area contributed by atoms with Crippen LogP contribution in [-0.2, 0) is 28.7 Å². The first-order valence-corrected chi connectivity index (χ1v) is 11.0. The van der Waals surface area contributed by atoms with Gasteiger partial charge in [-0.2, -0.15) is 0 Å². The van der Waals surface area contributed by atoms with E-state index in [-0.39, 0.29) is 23.8 Å². The van der Waals surface area contributed by atoms with Crippen LogP contribution in [0.1, 0.15) is 78.1 Å². The number of hydrogen-bond donors (Lipinski definition) is 2. The zero-order valence-corrected chi connectivity index (χ0v) is 18.1. The molecule has 30 heavy (non-hydrogen) atoms. The first-order valence-electron chi connectivity index (χ1n) is 11.0. The number of esters is 2. The van der Waals surface area contributed by atoms with E-state index in [4.69, 9.17) is 19.7 Å². The van der Waals surface area contributed by atoms with Crippen molar-refractivity contribution >= 4 is 23.9 Å². The van der Waals surface area contributed by atoms with E-state index in [0.29, 0.717) is 63.6 Å². The zero-order chi connectivity index (χ0) is 22.5. The molecule has 0 spiro atoms. The van der Waals surface area contributed by atoms with E-state index in [0.717, 1.165) is 25.7 Å². The normalized spacial score (nSPS) is 25.9. The van der Waals surface area contributed by atoms with Crippen molar-refractivity contribution in [1.29, 1.82) is 0 Å². The number of carbonyl (C=O) groups is 4. The van der Waals surface area contributed by atoms with Crippen LogP contribution in [0.5, 0.6) is 0 Å². The third kappa shape index (κ3) is 10.1. The van der Waals surface area contributed by atoms with Crippen molar-refractivity contribution in [1.82, 2.24) is 0 Å². The van der Waals surface area contributed by atoms with Crippen LogP contribution in [0, 0.1) is 23.7 Å². The summed E-state index contributed by atoms with van der Waals surface area (Å²) in [5.74, 6) is -1.49. The summed E-state index contributed by atoms with van der Waals surface area (Å²) < 4.78 is 9.73. The zero-order valence-electron chi connectivity index (χ0n) is 18.1. The minimum Gasteiger partial charge on any atom is -0.481 e. The van der Waals surface area contributed by atoms with E-state index in [1.54, 1.807) is 13.8 Å². The Labute approximate surface area is 178 Å². The number of aliphatic carboxylic acids is 2. The van der Waals surface area contributed by atoms with Crippen molar-refractivity contribution in [2.45, 2.75) is 78.1 Å². The third-order valence-corrected chi connectivity index (χ3v) is 5.91. The summed E-state index contributed by atoms with van der Waals surface area (Å²) in [6.07, 6.45) is 6.98. The van der Waals surface area contributed by atoms with Crippen LogP contribution in [0.4, 0.5) is 0 Å². The fourth-order valence-corrected chi connectivity index (χ4v) is 4.14. The van der Waals surface area contributed by atoms with Crippen molar-refractivity contribution in [3.63, 3.8) is 0 Å². The molecule has 2 rings (SSSR count). The van der Waals surface area contributed by atoms with Crippen LogP contribution in [0.15, 0.2) is 0 Å². The Balaban J connectivity index is 0.000000300. The van der Waals surface area contributed by atoms with Gasteiger partial charge in [0.25, 0.3) is 0 Å². The Morgan fingerprint density at radius 1 is 0.633 bits per heavy atom. The van der Waals surface area contributed by atoms with E-state index in [9.17, 15) is 19.2 Å². The molecular weight excluding hydrogens is 392 g/mol. The van der Waals surface area contributed by atoms with Crippen molar-refractivity contribution in [2.24, 2.45) is 23.7 Å². The number of ether oxygens (including phenoxy) is 2. The molecule has 0 unspecified atom stereocenters. The van der Waals surface area contributed by atoms with Gasteiger partial charge >= 0.3 is 23.9 Å². The topological polar surface area (TPSA) is 127 Å². The highest BCUT2D eigenvalue weighted by Gasteiger charge is 2.28. The molecule has 0 heterocycles. The van der Waals surface area contributed by atoms with Crippen molar-refractivity contribution in [3.05, 3.63) is 0 Å². The van der Waals surface area contributed by atoms with Crippen LogP contribution in [0.2, 0.25) is 0 Å². The summed E-state index contributed by atoms with van der Waals surface area (Å²) in [7, 11) is 0. The number of carbonyl (C=O) groups excluding carboxylic acids is 2. The second-order valence-corrected chi connectivity index (χ2v) is 8.13. The van der Waals surface area contributed by atoms with Crippen molar-refractivity contribution in [3.8, 4) is 0 Å². The molecule has 0 aromatic heterocycles. The van der Waals surface area contributed by atoms with Gasteiger partial charge in [0, 0.05) is 12.8 Å². The Morgan fingerprint density at radius 2 is 0.933 bits per heavy atom. The Morgan fingerprint density at radius 3 is 1.17 bits per heavy atom. The summed E-state index contributed by atoms with van der Waals surface area (Å²) in [4.78, 5) is 43.8. The van der Waals surface area contributed by atoms with Crippen LogP contribution in [0.25, 0.3) is 0 Å². The summed E-state index contributed by atoms with van der Waals surface area (Å²) in [6, 6.07) is 0. The fourth-order valence-electron chi connectivity index (χ4n) is 4.14. The van der Waals surface area contributed by atoms with Gasteiger partial charge in [-0.3, -0.25) is 19.2 Å². The molecule has 172 valence electrons. The number of hydrogen-bond acceptors (Lipinski definition) is 6. The highest BCUT2D eigenvalue weighted by atomic mass is 16.5. The molecular formula is C22H36O8. The van der Waals surface area contributed by atoms with Gasteiger partial charge in [-0.1, -0.05) is 0 Å². The van der Waals surface area contributed by atoms with Crippen LogP contribution in [-0.4, -0.2) is 47.3 Å². The molecule has 0 amide bonds. The lowest BCUT2D eigenvalue weighted by Crippen LogP contribution is -2.23. The molecule has 0 aromatic carbocycles. The van der Waals surface area contributed by atoms with E-state index in [2.05, 4.69) is 0 Å². The van der Waals surface area contributed by atoms with Crippen molar-refractivity contribution in [2.75, 3.05) is 13.2 Å². The van der Waals surface area contributed by atoms with Gasteiger partial charge in [-0.25, -0.2) is 0 Å². The lowest BCUT2D eigenvalue weighted by molar-refractivity contribution is -0.147. The fraction of sp³-hybridized carbons (Fsp3) is 0.818. The second-order valence-electron chi connectivity index (χ2n) is 8.13. The first-order chi connectivity index (χ1) is 14.3. The standard InChI is InChI=1S/2C11H18O4/c2*1-2-15-10(12)7-8-3-5-9(6-4-8)11(13)14/h2*8-9H,2-7H2,1H3,(H,13,14). The molecule has 0 saturated heterocycles. The van der Waals surface area contributed by atoms with E-state index in [1.165, 1.54) is 0 Å². The summed E-state index contributed by atoms with van der Waals surface area (Å²) in [5, 5.41) is 17.6. The van der Waals surface area contributed by atoms with Gasteiger partial charge in [0.05, 0.1) is 25.0 Å². The van der Waals surface area contributed by atoms with Crippen LogP contribution >= 0.6 is 0 Å². The van der Waals surface area contributed by atoms with Crippen molar-refractivity contribution < 1.29 is 38.9 Å². The van der Waals surface area contributed by atoms with E-state index >= 15 is 0 Å². The molecule has 2 saturated carbocycles. The lowest BCUT2D eigenvalue weighted by atomic mass is 9.80. The number of carboxylic acid groups (broad SMARTS) is 2. The maximum Gasteiger partial charge on any atom is 0.306 e. The van der Waals surface area contributed by atoms with E-state index in [1.807, 2.05) is 0 Å². The molecule has 0 aliphatic heterocycles. The molecule has 8 heteroatoms.